The summed E-state index contributed by atoms with van der Waals surface area (Å²) in [5, 5.41) is 10.8. The molecule has 0 heterocycles. The Morgan fingerprint density at radius 3 is 2.24 bits per heavy atom. The van der Waals surface area contributed by atoms with Crippen LogP contribution in [0.4, 0.5) is 4.79 Å². The normalized spacial score (nSPS) is 10.8. The maximum absolute atomic E-state index is 11.2. The number of Topliss-reactive ketones (excluding diaryl/α,β-unsaturated/α-hetero) is 1. The summed E-state index contributed by atoms with van der Waals surface area (Å²) in [6.07, 6.45) is 0.451. The Labute approximate surface area is 100 Å². The van der Waals surface area contributed by atoms with Crippen molar-refractivity contribution >= 4 is 17.8 Å². The van der Waals surface area contributed by atoms with Crippen molar-refractivity contribution in [3.05, 3.63) is 0 Å². The van der Waals surface area contributed by atoms with Gasteiger partial charge >= 0.3 is 12.1 Å². The molecule has 0 rings (SSSR count). The lowest BCUT2D eigenvalue weighted by Crippen LogP contribution is -2.33. The Balaban J connectivity index is 3.56. The van der Waals surface area contributed by atoms with Gasteiger partial charge in [-0.05, 0) is 33.6 Å². The molecule has 0 saturated carbocycles. The van der Waals surface area contributed by atoms with Gasteiger partial charge in [-0.2, -0.15) is 0 Å². The third-order valence-electron chi connectivity index (χ3n) is 1.74. The summed E-state index contributed by atoms with van der Waals surface area (Å²) in [4.78, 5) is 32.1. The molecule has 0 unspecified atom stereocenters. The van der Waals surface area contributed by atoms with E-state index in [1.807, 2.05) is 0 Å². The van der Waals surface area contributed by atoms with E-state index in [1.54, 1.807) is 20.8 Å². The predicted molar refractivity (Wildman–Crippen MR) is 60.7 cm³/mol. The van der Waals surface area contributed by atoms with Crippen LogP contribution in [0.5, 0.6) is 0 Å². The Hall–Kier alpha value is -1.59. The van der Waals surface area contributed by atoms with Crippen molar-refractivity contribution in [2.24, 2.45) is 0 Å². The molecule has 0 aliphatic heterocycles. The molecular formula is C11H19NO5. The van der Waals surface area contributed by atoms with Gasteiger partial charge < -0.3 is 15.2 Å². The number of carboxylic acids is 1. The first-order valence-corrected chi connectivity index (χ1v) is 5.45. The highest BCUT2D eigenvalue weighted by atomic mass is 16.6. The number of nitrogens with one attached hydrogen (secondary N) is 1. The van der Waals surface area contributed by atoms with Crippen molar-refractivity contribution in [3.63, 3.8) is 0 Å². The molecule has 0 radical (unpaired) electrons. The fourth-order valence-electron chi connectivity index (χ4n) is 1.02. The molecule has 98 valence electrons. The number of aliphatic carboxylic acids is 1. The van der Waals surface area contributed by atoms with Gasteiger partial charge in [-0.15, -0.1) is 0 Å². The molecule has 0 saturated heterocycles. The molecular weight excluding hydrogens is 226 g/mol. The van der Waals surface area contributed by atoms with Gasteiger partial charge in [-0.3, -0.25) is 4.79 Å². The molecule has 1 amide bonds. The molecule has 0 spiro atoms. The third-order valence-corrected chi connectivity index (χ3v) is 1.74. The molecule has 0 aromatic carbocycles. The monoisotopic (exact) mass is 245 g/mol. The van der Waals surface area contributed by atoms with Gasteiger partial charge in [-0.25, -0.2) is 9.59 Å². The average molecular weight is 245 g/mol. The van der Waals surface area contributed by atoms with E-state index in [2.05, 4.69) is 5.32 Å². The number of carbonyl (C=O) groups excluding carboxylic acids is 2. The highest BCUT2D eigenvalue weighted by Gasteiger charge is 2.15. The van der Waals surface area contributed by atoms with Crippen LogP contribution in [0.2, 0.25) is 0 Å². The van der Waals surface area contributed by atoms with Crippen LogP contribution in [0, 0.1) is 0 Å². The zero-order valence-electron chi connectivity index (χ0n) is 10.4. The van der Waals surface area contributed by atoms with E-state index in [1.165, 1.54) is 0 Å². The summed E-state index contributed by atoms with van der Waals surface area (Å²) >= 11 is 0. The number of ketones is 1. The second-order valence-corrected chi connectivity index (χ2v) is 4.61. The minimum absolute atomic E-state index is 0.00860. The maximum Gasteiger partial charge on any atom is 0.407 e. The summed E-state index contributed by atoms with van der Waals surface area (Å²) in [5.41, 5.74) is -0.538. The van der Waals surface area contributed by atoms with Gasteiger partial charge in [0.15, 0.2) is 0 Å². The molecule has 0 atom stereocenters. The lowest BCUT2D eigenvalue weighted by molar-refractivity contribution is -0.149. The van der Waals surface area contributed by atoms with E-state index in [4.69, 9.17) is 9.84 Å². The molecule has 17 heavy (non-hydrogen) atoms. The predicted octanol–water partition coefficient (Wildman–Crippen LogP) is 1.34. The zero-order valence-corrected chi connectivity index (χ0v) is 10.4. The Bertz CT molecular complexity index is 293. The first-order valence-electron chi connectivity index (χ1n) is 5.45. The van der Waals surface area contributed by atoms with Gasteiger partial charge in [0.05, 0.1) is 0 Å². The van der Waals surface area contributed by atoms with E-state index in [0.717, 1.165) is 0 Å². The molecule has 0 aromatic rings. The molecule has 0 bridgehead atoms. The zero-order chi connectivity index (χ0) is 13.5. The van der Waals surface area contributed by atoms with Crippen LogP contribution < -0.4 is 5.32 Å². The van der Waals surface area contributed by atoms with Gasteiger partial charge in [0.25, 0.3) is 0 Å². The Morgan fingerprint density at radius 1 is 1.18 bits per heavy atom. The lowest BCUT2D eigenvalue weighted by Gasteiger charge is -2.19. The number of alkyl carbamates (subject to hydrolysis) is 1. The minimum atomic E-state index is -1.41. The van der Waals surface area contributed by atoms with Crippen LogP contribution in [-0.4, -0.2) is 35.1 Å². The number of unbranched alkanes of at least 4 members (excludes halogenated alkanes) is 1. The van der Waals surface area contributed by atoms with Gasteiger partial charge in [0.2, 0.25) is 5.78 Å². The molecule has 0 aromatic heterocycles. The van der Waals surface area contributed by atoms with Crippen LogP contribution in [0.15, 0.2) is 0 Å². The number of ether oxygens (including phenoxy) is 1. The lowest BCUT2D eigenvalue weighted by atomic mass is 10.2. The summed E-state index contributed by atoms with van der Waals surface area (Å²) in [7, 11) is 0. The van der Waals surface area contributed by atoms with E-state index in [-0.39, 0.29) is 6.42 Å². The molecule has 6 nitrogen and oxygen atoms in total. The van der Waals surface area contributed by atoms with Gasteiger partial charge in [0, 0.05) is 13.0 Å². The Kier molecular flexibility index (Phi) is 6.23. The SMILES string of the molecule is CC(C)(C)OC(=O)NCCCCC(=O)C(=O)O. The van der Waals surface area contributed by atoms with Crippen LogP contribution >= 0.6 is 0 Å². The number of hydrogen-bond donors (Lipinski definition) is 2. The minimum Gasteiger partial charge on any atom is -0.476 e. The fourth-order valence-corrected chi connectivity index (χ4v) is 1.02. The second kappa shape index (κ2) is 6.88. The molecule has 2 N–H and O–H groups in total. The maximum atomic E-state index is 11.2. The summed E-state index contributed by atoms with van der Waals surface area (Å²) < 4.78 is 4.99. The van der Waals surface area contributed by atoms with Crippen molar-refractivity contribution in [1.29, 1.82) is 0 Å². The highest BCUT2D eigenvalue weighted by Crippen LogP contribution is 2.06. The van der Waals surface area contributed by atoms with Crippen molar-refractivity contribution in [2.75, 3.05) is 6.54 Å². The largest absolute Gasteiger partial charge is 0.476 e. The Morgan fingerprint density at radius 2 is 1.76 bits per heavy atom. The molecule has 0 aliphatic carbocycles. The summed E-state index contributed by atoms with van der Waals surface area (Å²) in [6.45, 7) is 5.65. The fraction of sp³-hybridized carbons (Fsp3) is 0.727. The van der Waals surface area contributed by atoms with Crippen molar-refractivity contribution in [3.8, 4) is 0 Å². The van der Waals surface area contributed by atoms with Gasteiger partial charge in [0.1, 0.15) is 5.60 Å². The van der Waals surface area contributed by atoms with Crippen LogP contribution in [-0.2, 0) is 14.3 Å². The van der Waals surface area contributed by atoms with Crippen molar-refractivity contribution in [1.82, 2.24) is 5.32 Å². The van der Waals surface area contributed by atoms with Crippen molar-refractivity contribution in [2.45, 2.75) is 45.6 Å². The molecule has 6 heteroatoms. The molecule has 0 aliphatic rings. The van der Waals surface area contributed by atoms with Crippen LogP contribution in [0.1, 0.15) is 40.0 Å². The number of rotatable bonds is 6. The average Bonchev–Trinajstić information content (AvgIpc) is 2.13. The number of carbonyl (C=O) groups is 3. The van der Waals surface area contributed by atoms with Gasteiger partial charge in [-0.1, -0.05) is 0 Å². The topological polar surface area (TPSA) is 92.7 Å². The standard InChI is InChI=1S/C11H19NO5/c1-11(2,3)17-10(16)12-7-5-4-6-8(13)9(14)15/h4-7H2,1-3H3,(H,12,16)(H,14,15). The number of hydrogen-bond acceptors (Lipinski definition) is 4. The molecule has 0 fully saturated rings. The first-order chi connectivity index (χ1) is 7.72. The van der Waals surface area contributed by atoms with E-state index < -0.39 is 23.4 Å². The second-order valence-electron chi connectivity index (χ2n) is 4.61. The van der Waals surface area contributed by atoms with Crippen LogP contribution in [0.3, 0.4) is 0 Å². The van der Waals surface area contributed by atoms with E-state index in [0.29, 0.717) is 19.4 Å². The van der Waals surface area contributed by atoms with Crippen LogP contribution in [0.25, 0.3) is 0 Å². The smallest absolute Gasteiger partial charge is 0.407 e. The first kappa shape index (κ1) is 15.4. The summed E-state index contributed by atoms with van der Waals surface area (Å²) in [5.74, 6) is -2.22. The number of amides is 1. The quantitative estimate of drug-likeness (QED) is 0.544. The third kappa shape index (κ3) is 9.35. The summed E-state index contributed by atoms with van der Waals surface area (Å²) in [6, 6.07) is 0. The number of carboxylic acid groups (broad SMARTS) is 1. The highest BCUT2D eigenvalue weighted by molar-refractivity contribution is 6.32. The van der Waals surface area contributed by atoms with E-state index >= 15 is 0 Å². The van der Waals surface area contributed by atoms with Crippen molar-refractivity contribution < 1.29 is 24.2 Å². The van der Waals surface area contributed by atoms with E-state index in [9.17, 15) is 14.4 Å².